The number of nitro groups is 1. The molecule has 0 aromatic heterocycles. The van der Waals surface area contributed by atoms with Crippen LogP contribution in [-0.2, 0) is 9.09 Å². The van der Waals surface area contributed by atoms with Crippen molar-refractivity contribution in [3.63, 3.8) is 0 Å². The minimum Gasteiger partial charge on any atom is -0.258 e. The molecule has 0 saturated carbocycles. The summed E-state index contributed by atoms with van der Waals surface area (Å²) in [5, 5.41) is 10.3. The summed E-state index contributed by atoms with van der Waals surface area (Å²) >= 11 is 0. The summed E-state index contributed by atoms with van der Waals surface area (Å²) in [5.41, 5.74) is 0.581. The number of nitro benzene ring substituents is 1. The van der Waals surface area contributed by atoms with Crippen LogP contribution in [-0.4, -0.2) is 9.82 Å². The van der Waals surface area contributed by atoms with Crippen molar-refractivity contribution in [1.29, 1.82) is 0 Å². The first-order valence-corrected chi connectivity index (χ1v) is 5.21. The average Bonchev–Trinajstić information content (AvgIpc) is 2.17. The second kappa shape index (κ2) is 4.93. The van der Waals surface area contributed by atoms with E-state index in [4.69, 9.17) is 4.89 Å². The lowest BCUT2D eigenvalue weighted by molar-refractivity contribution is -0.384. The third-order valence-corrected chi connectivity index (χ3v) is 2.32. The van der Waals surface area contributed by atoms with Crippen molar-refractivity contribution in [2.45, 2.75) is 13.0 Å². The number of non-ortho nitro benzene ring substituents is 1. The molecule has 0 heterocycles. The van der Waals surface area contributed by atoms with Crippen molar-refractivity contribution >= 4 is 13.9 Å². The predicted molar refractivity (Wildman–Crippen MR) is 52.4 cm³/mol. The molecular weight excluding hydrogens is 221 g/mol. The van der Waals surface area contributed by atoms with Crippen LogP contribution in [0.1, 0.15) is 18.6 Å². The molecule has 0 spiro atoms. The Hall–Kier alpha value is -1.36. The number of rotatable bonds is 4. The molecule has 0 radical (unpaired) electrons. The van der Waals surface area contributed by atoms with Gasteiger partial charge in [0.05, 0.1) is 4.92 Å². The van der Waals surface area contributed by atoms with Crippen LogP contribution in [0.15, 0.2) is 24.3 Å². The standard InChI is InChI=1S/C8H8NO5P/c1-6(14-15(12)13)7-2-4-8(5-3-7)9(10)11/h2-6H,1H3/p+1. The van der Waals surface area contributed by atoms with Crippen LogP contribution in [0.2, 0.25) is 0 Å². The highest BCUT2D eigenvalue weighted by Crippen LogP contribution is 2.28. The van der Waals surface area contributed by atoms with Gasteiger partial charge in [0, 0.05) is 16.7 Å². The highest BCUT2D eigenvalue weighted by molar-refractivity contribution is 7.32. The van der Waals surface area contributed by atoms with E-state index in [9.17, 15) is 14.7 Å². The minimum atomic E-state index is -2.67. The monoisotopic (exact) mass is 230 g/mol. The molecule has 0 saturated heterocycles. The van der Waals surface area contributed by atoms with Gasteiger partial charge in [0.2, 0.25) is 0 Å². The maximum Gasteiger partial charge on any atom is 0.695 e. The molecule has 1 N–H and O–H groups in total. The van der Waals surface area contributed by atoms with Crippen molar-refractivity contribution in [2.75, 3.05) is 0 Å². The maximum atomic E-state index is 10.4. The van der Waals surface area contributed by atoms with Gasteiger partial charge in [-0.25, -0.2) is 0 Å². The predicted octanol–water partition coefficient (Wildman–Crippen LogP) is 2.32. The van der Waals surface area contributed by atoms with Gasteiger partial charge in [0.25, 0.3) is 5.69 Å². The van der Waals surface area contributed by atoms with Crippen molar-refractivity contribution in [1.82, 2.24) is 0 Å². The summed E-state index contributed by atoms with van der Waals surface area (Å²) < 4.78 is 15.0. The molecular formula is C8H9NO5P+. The molecule has 0 aliphatic heterocycles. The van der Waals surface area contributed by atoms with Gasteiger partial charge in [-0.05, 0) is 24.6 Å². The fourth-order valence-electron chi connectivity index (χ4n) is 1.06. The van der Waals surface area contributed by atoms with Crippen LogP contribution in [0, 0.1) is 10.1 Å². The Morgan fingerprint density at radius 2 is 2.00 bits per heavy atom. The molecule has 15 heavy (non-hydrogen) atoms. The summed E-state index contributed by atoms with van der Waals surface area (Å²) in [4.78, 5) is 18.3. The Morgan fingerprint density at radius 3 is 2.40 bits per heavy atom. The zero-order valence-electron chi connectivity index (χ0n) is 7.86. The number of benzene rings is 1. The van der Waals surface area contributed by atoms with E-state index < -0.39 is 19.3 Å². The SMILES string of the molecule is CC(O[P+](=O)O)c1ccc([N+](=O)[O-])cc1. The summed E-state index contributed by atoms with van der Waals surface area (Å²) in [6.45, 7) is 1.59. The van der Waals surface area contributed by atoms with Gasteiger partial charge in [0.15, 0.2) is 0 Å². The molecule has 0 aliphatic carbocycles. The first-order chi connectivity index (χ1) is 7.00. The highest BCUT2D eigenvalue weighted by Gasteiger charge is 2.20. The van der Waals surface area contributed by atoms with Gasteiger partial charge >= 0.3 is 8.25 Å². The average molecular weight is 230 g/mol. The Kier molecular flexibility index (Phi) is 3.85. The van der Waals surface area contributed by atoms with Crippen molar-refractivity contribution in [3.05, 3.63) is 39.9 Å². The molecule has 1 aromatic carbocycles. The molecule has 1 rings (SSSR count). The maximum absolute atomic E-state index is 10.4. The van der Waals surface area contributed by atoms with Gasteiger partial charge in [-0.15, -0.1) is 9.42 Å². The van der Waals surface area contributed by atoms with Crippen molar-refractivity contribution in [2.24, 2.45) is 0 Å². The van der Waals surface area contributed by atoms with E-state index in [-0.39, 0.29) is 5.69 Å². The van der Waals surface area contributed by atoms with E-state index in [0.717, 1.165) is 0 Å². The Labute approximate surface area is 86.6 Å². The lowest BCUT2D eigenvalue weighted by atomic mass is 10.1. The van der Waals surface area contributed by atoms with E-state index in [1.54, 1.807) is 6.92 Å². The van der Waals surface area contributed by atoms with Gasteiger partial charge in [0.1, 0.15) is 6.10 Å². The number of hydrogen-bond acceptors (Lipinski definition) is 4. The van der Waals surface area contributed by atoms with Crippen LogP contribution >= 0.6 is 8.25 Å². The lowest BCUT2D eigenvalue weighted by Gasteiger charge is -2.02. The van der Waals surface area contributed by atoms with Crippen molar-refractivity contribution in [3.8, 4) is 0 Å². The van der Waals surface area contributed by atoms with Gasteiger partial charge in [-0.1, -0.05) is 0 Å². The topological polar surface area (TPSA) is 89.7 Å². The quantitative estimate of drug-likeness (QED) is 0.487. The van der Waals surface area contributed by atoms with Crippen LogP contribution in [0.4, 0.5) is 5.69 Å². The molecule has 2 atom stereocenters. The first-order valence-electron chi connectivity index (χ1n) is 4.08. The first kappa shape index (κ1) is 11.7. The molecule has 0 aliphatic rings. The summed E-state index contributed by atoms with van der Waals surface area (Å²) in [6.07, 6.45) is -0.570. The number of nitrogens with zero attached hydrogens (tertiary/aromatic N) is 1. The number of hydrogen-bond donors (Lipinski definition) is 1. The zero-order valence-corrected chi connectivity index (χ0v) is 8.76. The normalized spacial score (nSPS) is 13.3. The van der Waals surface area contributed by atoms with E-state index in [2.05, 4.69) is 4.52 Å². The smallest absolute Gasteiger partial charge is 0.258 e. The molecule has 0 bridgehead atoms. The summed E-state index contributed by atoms with van der Waals surface area (Å²) in [5.74, 6) is 0. The van der Waals surface area contributed by atoms with Crippen LogP contribution < -0.4 is 0 Å². The van der Waals surface area contributed by atoms with Crippen LogP contribution in [0.3, 0.4) is 0 Å². The van der Waals surface area contributed by atoms with Crippen LogP contribution in [0.25, 0.3) is 0 Å². The fourth-order valence-corrected chi connectivity index (χ4v) is 1.46. The van der Waals surface area contributed by atoms with E-state index in [0.29, 0.717) is 5.56 Å². The van der Waals surface area contributed by atoms with Gasteiger partial charge in [-0.3, -0.25) is 10.1 Å². The van der Waals surface area contributed by atoms with E-state index in [1.165, 1.54) is 24.3 Å². The Balaban J connectivity index is 2.79. The summed E-state index contributed by atoms with van der Waals surface area (Å²) in [6, 6.07) is 5.61. The molecule has 6 nitrogen and oxygen atoms in total. The third-order valence-electron chi connectivity index (χ3n) is 1.82. The van der Waals surface area contributed by atoms with Gasteiger partial charge < -0.3 is 0 Å². The van der Waals surface area contributed by atoms with Gasteiger partial charge in [-0.2, -0.15) is 0 Å². The van der Waals surface area contributed by atoms with Crippen LogP contribution in [0.5, 0.6) is 0 Å². The van der Waals surface area contributed by atoms with E-state index in [1.807, 2.05) is 0 Å². The Bertz CT molecular complexity index is 377. The second-order valence-corrected chi connectivity index (χ2v) is 3.52. The lowest BCUT2D eigenvalue weighted by Crippen LogP contribution is -1.95. The van der Waals surface area contributed by atoms with Crippen molar-refractivity contribution < 1.29 is 18.9 Å². The fraction of sp³-hybridized carbons (Fsp3) is 0.250. The van der Waals surface area contributed by atoms with E-state index >= 15 is 0 Å². The minimum absolute atomic E-state index is 0.0284. The molecule has 1 aromatic rings. The highest BCUT2D eigenvalue weighted by atomic mass is 31.1. The zero-order chi connectivity index (χ0) is 11.4. The second-order valence-electron chi connectivity index (χ2n) is 2.83. The Morgan fingerprint density at radius 1 is 1.47 bits per heavy atom. The summed E-state index contributed by atoms with van der Waals surface area (Å²) in [7, 11) is -2.67. The molecule has 0 fully saturated rings. The third kappa shape index (κ3) is 3.36. The molecule has 0 amide bonds. The molecule has 2 unspecified atom stereocenters. The molecule has 80 valence electrons. The molecule has 7 heteroatoms. The largest absolute Gasteiger partial charge is 0.695 e.